The highest BCUT2D eigenvalue weighted by molar-refractivity contribution is 5.79. The number of benzene rings is 2. The maximum atomic E-state index is 5.55. The number of guanidine groups is 1. The third kappa shape index (κ3) is 5.31. The molecule has 0 atom stereocenters. The van der Waals surface area contributed by atoms with E-state index in [0.717, 1.165) is 28.4 Å². The molecule has 0 radical (unpaired) electrons. The molecule has 0 aliphatic heterocycles. The molecule has 2 aromatic rings. The van der Waals surface area contributed by atoms with Crippen LogP contribution in [0, 0.1) is 0 Å². The van der Waals surface area contributed by atoms with Crippen molar-refractivity contribution in [1.29, 1.82) is 0 Å². The van der Waals surface area contributed by atoms with Crippen molar-refractivity contribution >= 4 is 5.96 Å². The van der Waals surface area contributed by atoms with Crippen LogP contribution in [0.2, 0.25) is 0 Å². The predicted octanol–water partition coefficient (Wildman–Crippen LogP) is 2.97. The first-order valence-electron chi connectivity index (χ1n) is 8.58. The van der Waals surface area contributed by atoms with Gasteiger partial charge in [0.05, 0.1) is 20.8 Å². The van der Waals surface area contributed by atoms with Gasteiger partial charge in [-0.3, -0.25) is 4.99 Å². The molecule has 0 saturated heterocycles. The fourth-order valence-electron chi connectivity index (χ4n) is 2.53. The first-order chi connectivity index (χ1) is 12.7. The Hall–Kier alpha value is -2.89. The zero-order valence-electron chi connectivity index (χ0n) is 15.8. The molecule has 6 heteroatoms. The fraction of sp³-hybridized carbons (Fsp3) is 0.350. The van der Waals surface area contributed by atoms with E-state index in [9.17, 15) is 0 Å². The Morgan fingerprint density at radius 3 is 2.35 bits per heavy atom. The number of aliphatic imine (C=N–C) groups is 1. The quantitative estimate of drug-likeness (QED) is 0.562. The third-order valence-electron chi connectivity index (χ3n) is 3.85. The molecule has 2 N–H and O–H groups in total. The van der Waals surface area contributed by atoms with Crippen molar-refractivity contribution < 1.29 is 14.2 Å². The minimum atomic E-state index is 0.605. The van der Waals surface area contributed by atoms with Gasteiger partial charge in [0, 0.05) is 25.7 Å². The van der Waals surface area contributed by atoms with Crippen LogP contribution in [0.1, 0.15) is 18.1 Å². The van der Waals surface area contributed by atoms with Gasteiger partial charge in [0.2, 0.25) is 0 Å². The monoisotopic (exact) mass is 357 g/mol. The molecule has 26 heavy (non-hydrogen) atoms. The summed E-state index contributed by atoms with van der Waals surface area (Å²) in [5, 5.41) is 6.59. The van der Waals surface area contributed by atoms with E-state index < -0.39 is 0 Å². The molecule has 0 amide bonds. The minimum absolute atomic E-state index is 0.605. The molecule has 2 rings (SSSR count). The van der Waals surface area contributed by atoms with E-state index in [-0.39, 0.29) is 0 Å². The zero-order chi connectivity index (χ0) is 18.8. The van der Waals surface area contributed by atoms with E-state index in [1.54, 1.807) is 21.3 Å². The zero-order valence-corrected chi connectivity index (χ0v) is 15.8. The average Bonchev–Trinajstić information content (AvgIpc) is 2.69. The lowest BCUT2D eigenvalue weighted by atomic mass is 10.2. The van der Waals surface area contributed by atoms with E-state index in [2.05, 4.69) is 15.6 Å². The summed E-state index contributed by atoms with van der Waals surface area (Å²) in [4.78, 5) is 4.26. The maximum absolute atomic E-state index is 5.55. The molecule has 0 unspecified atom stereocenters. The Bertz CT molecular complexity index is 732. The van der Waals surface area contributed by atoms with E-state index >= 15 is 0 Å². The van der Waals surface area contributed by atoms with Crippen molar-refractivity contribution in [1.82, 2.24) is 10.6 Å². The number of para-hydroxylation sites is 1. The smallest absolute Gasteiger partial charge is 0.191 e. The number of methoxy groups -OCH3 is 2. The molecule has 0 aliphatic rings. The number of hydrogen-bond donors (Lipinski definition) is 2. The Balaban J connectivity index is 1.94. The van der Waals surface area contributed by atoms with Crippen LogP contribution in [0.15, 0.2) is 47.5 Å². The summed E-state index contributed by atoms with van der Waals surface area (Å²) in [6.45, 7) is 3.80. The number of hydrogen-bond acceptors (Lipinski definition) is 4. The van der Waals surface area contributed by atoms with Gasteiger partial charge >= 0.3 is 0 Å². The first kappa shape index (κ1) is 19.4. The van der Waals surface area contributed by atoms with Gasteiger partial charge in [-0.25, -0.2) is 0 Å². The molecular formula is C20H27N3O3. The molecule has 2 aromatic carbocycles. The van der Waals surface area contributed by atoms with Gasteiger partial charge in [-0.2, -0.15) is 0 Å². The minimum Gasteiger partial charge on any atom is -0.496 e. The molecule has 0 bridgehead atoms. The van der Waals surface area contributed by atoms with Crippen molar-refractivity contribution in [2.75, 3.05) is 27.9 Å². The summed E-state index contributed by atoms with van der Waals surface area (Å²) in [5.74, 6) is 3.04. The summed E-state index contributed by atoms with van der Waals surface area (Å²) in [6, 6.07) is 13.8. The van der Waals surface area contributed by atoms with E-state index in [1.807, 2.05) is 49.4 Å². The van der Waals surface area contributed by atoms with Crippen molar-refractivity contribution in [2.24, 2.45) is 4.99 Å². The molecule has 140 valence electrons. The molecule has 6 nitrogen and oxygen atoms in total. The normalized spacial score (nSPS) is 11.0. The second-order valence-corrected chi connectivity index (χ2v) is 5.51. The predicted molar refractivity (Wildman–Crippen MR) is 104 cm³/mol. The fourth-order valence-corrected chi connectivity index (χ4v) is 2.53. The first-order valence-corrected chi connectivity index (χ1v) is 8.58. The average molecular weight is 357 g/mol. The van der Waals surface area contributed by atoms with Crippen LogP contribution >= 0.6 is 0 Å². The van der Waals surface area contributed by atoms with Gasteiger partial charge in [0.15, 0.2) is 17.5 Å². The second kappa shape index (κ2) is 10.2. The van der Waals surface area contributed by atoms with Gasteiger partial charge in [0.25, 0.3) is 0 Å². The Labute approximate surface area is 155 Å². The molecular weight excluding hydrogens is 330 g/mol. The lowest BCUT2D eigenvalue weighted by molar-refractivity contribution is 0.310. The number of nitrogens with zero attached hydrogens (tertiary/aromatic N) is 1. The highest BCUT2D eigenvalue weighted by atomic mass is 16.5. The Morgan fingerprint density at radius 2 is 1.65 bits per heavy atom. The van der Waals surface area contributed by atoms with Crippen molar-refractivity contribution in [3.05, 3.63) is 53.6 Å². The lowest BCUT2D eigenvalue weighted by Crippen LogP contribution is -2.36. The van der Waals surface area contributed by atoms with Crippen molar-refractivity contribution in [3.8, 4) is 17.2 Å². The summed E-state index contributed by atoms with van der Waals surface area (Å²) in [6.07, 6.45) is 0. The van der Waals surface area contributed by atoms with Crippen LogP contribution in [0.25, 0.3) is 0 Å². The molecule has 0 heterocycles. The SMILES string of the molecule is CCOc1ccc(CNC(=NC)NCc2ccccc2OC)cc1OC. The Kier molecular flexibility index (Phi) is 7.61. The van der Waals surface area contributed by atoms with Gasteiger partial charge in [-0.1, -0.05) is 24.3 Å². The highest BCUT2D eigenvalue weighted by Gasteiger charge is 2.07. The standard InChI is InChI=1S/C20H27N3O3/c1-5-26-18-11-10-15(12-19(18)25-4)13-22-20(21-2)23-14-16-8-6-7-9-17(16)24-3/h6-12H,5,13-14H2,1-4H3,(H2,21,22,23). The van der Waals surface area contributed by atoms with Gasteiger partial charge in [0.1, 0.15) is 5.75 Å². The van der Waals surface area contributed by atoms with Gasteiger partial charge in [-0.05, 0) is 30.7 Å². The topological polar surface area (TPSA) is 64.1 Å². The van der Waals surface area contributed by atoms with E-state index in [1.165, 1.54) is 0 Å². The second-order valence-electron chi connectivity index (χ2n) is 5.51. The van der Waals surface area contributed by atoms with E-state index in [4.69, 9.17) is 14.2 Å². The maximum Gasteiger partial charge on any atom is 0.191 e. The summed E-state index contributed by atoms with van der Waals surface area (Å²) in [7, 11) is 5.06. The van der Waals surface area contributed by atoms with E-state index in [0.29, 0.717) is 25.7 Å². The summed E-state index contributed by atoms with van der Waals surface area (Å²) in [5.41, 5.74) is 2.14. The Morgan fingerprint density at radius 1 is 0.923 bits per heavy atom. The molecule has 0 spiro atoms. The van der Waals surface area contributed by atoms with Crippen LogP contribution in [-0.4, -0.2) is 33.8 Å². The largest absolute Gasteiger partial charge is 0.496 e. The lowest BCUT2D eigenvalue weighted by Gasteiger charge is -2.15. The third-order valence-corrected chi connectivity index (χ3v) is 3.85. The van der Waals surface area contributed by atoms with Gasteiger partial charge in [-0.15, -0.1) is 0 Å². The number of ether oxygens (including phenoxy) is 3. The van der Waals surface area contributed by atoms with Crippen LogP contribution in [-0.2, 0) is 13.1 Å². The molecule has 0 fully saturated rings. The summed E-state index contributed by atoms with van der Waals surface area (Å²) >= 11 is 0. The van der Waals surface area contributed by atoms with Crippen LogP contribution in [0.5, 0.6) is 17.2 Å². The van der Waals surface area contributed by atoms with Crippen molar-refractivity contribution in [3.63, 3.8) is 0 Å². The molecule has 0 saturated carbocycles. The van der Waals surface area contributed by atoms with Crippen molar-refractivity contribution in [2.45, 2.75) is 20.0 Å². The van der Waals surface area contributed by atoms with Crippen LogP contribution in [0.4, 0.5) is 0 Å². The highest BCUT2D eigenvalue weighted by Crippen LogP contribution is 2.27. The molecule has 0 aromatic heterocycles. The summed E-state index contributed by atoms with van der Waals surface area (Å²) < 4.78 is 16.3. The van der Waals surface area contributed by atoms with Crippen LogP contribution in [0.3, 0.4) is 0 Å². The van der Waals surface area contributed by atoms with Crippen LogP contribution < -0.4 is 24.8 Å². The van der Waals surface area contributed by atoms with Gasteiger partial charge < -0.3 is 24.8 Å². The molecule has 0 aliphatic carbocycles. The number of nitrogens with one attached hydrogen (secondary N) is 2. The number of rotatable bonds is 8.